The van der Waals surface area contributed by atoms with Crippen LogP contribution in [0.25, 0.3) is 10.8 Å². The van der Waals surface area contributed by atoms with E-state index in [0.29, 0.717) is 5.76 Å². The summed E-state index contributed by atoms with van der Waals surface area (Å²) in [6, 6.07) is 17.6. The fourth-order valence-electron chi connectivity index (χ4n) is 2.24. The smallest absolute Gasteiger partial charge is 0.316 e. The van der Waals surface area contributed by atoms with Crippen molar-refractivity contribution >= 4 is 34.4 Å². The molecule has 0 saturated carbocycles. The molecule has 1 heterocycles. The van der Waals surface area contributed by atoms with Crippen molar-refractivity contribution in [2.24, 2.45) is 0 Å². The summed E-state index contributed by atoms with van der Waals surface area (Å²) in [5, 5.41) is 4.90. The van der Waals surface area contributed by atoms with Gasteiger partial charge in [-0.1, -0.05) is 30.3 Å². The molecule has 6 heteroatoms. The zero-order valence-electron chi connectivity index (χ0n) is 13.4. The Hall–Kier alpha value is -2.73. The number of nitrogens with one attached hydrogen (secondary N) is 1. The fourth-order valence-corrected chi connectivity index (χ4v) is 2.98. The van der Waals surface area contributed by atoms with Crippen LogP contribution >= 0.6 is 11.8 Å². The van der Waals surface area contributed by atoms with Crippen LogP contribution < -0.4 is 5.32 Å². The molecule has 0 aliphatic heterocycles. The number of thioether (sulfide) groups is 1. The van der Waals surface area contributed by atoms with Crippen molar-refractivity contribution in [3.63, 3.8) is 0 Å². The van der Waals surface area contributed by atoms with E-state index in [1.807, 2.05) is 42.5 Å². The Labute approximate surface area is 149 Å². The number of carbonyl (C=O) groups is 2. The molecule has 0 radical (unpaired) electrons. The van der Waals surface area contributed by atoms with Crippen LogP contribution in [-0.4, -0.2) is 24.2 Å². The third kappa shape index (κ3) is 5.12. The molecule has 0 bridgehead atoms. The largest absolute Gasteiger partial charge is 0.467 e. The second-order valence-electron chi connectivity index (χ2n) is 5.31. The van der Waals surface area contributed by atoms with E-state index in [9.17, 15) is 9.59 Å². The summed E-state index contributed by atoms with van der Waals surface area (Å²) in [5.74, 6) is 0.0161. The van der Waals surface area contributed by atoms with Crippen molar-refractivity contribution in [1.29, 1.82) is 0 Å². The van der Waals surface area contributed by atoms with E-state index >= 15 is 0 Å². The molecule has 1 aromatic heterocycles. The van der Waals surface area contributed by atoms with Gasteiger partial charge < -0.3 is 14.5 Å². The van der Waals surface area contributed by atoms with Crippen LogP contribution in [0.1, 0.15) is 5.76 Å². The van der Waals surface area contributed by atoms with Gasteiger partial charge in [-0.25, -0.2) is 0 Å². The third-order valence-electron chi connectivity index (χ3n) is 3.48. The zero-order valence-corrected chi connectivity index (χ0v) is 14.3. The van der Waals surface area contributed by atoms with Gasteiger partial charge in [-0.05, 0) is 35.0 Å². The number of benzene rings is 2. The fraction of sp³-hybridized carbons (Fsp3) is 0.158. The molecule has 1 amide bonds. The van der Waals surface area contributed by atoms with Crippen LogP contribution in [0.5, 0.6) is 0 Å². The Morgan fingerprint density at radius 2 is 1.88 bits per heavy atom. The summed E-state index contributed by atoms with van der Waals surface area (Å²) in [6.45, 7) is -0.0208. The summed E-state index contributed by atoms with van der Waals surface area (Å²) >= 11 is 1.39. The Kier molecular flexibility index (Phi) is 5.74. The summed E-state index contributed by atoms with van der Waals surface area (Å²) in [4.78, 5) is 24.4. The van der Waals surface area contributed by atoms with Crippen molar-refractivity contribution in [2.75, 3.05) is 12.4 Å². The summed E-state index contributed by atoms with van der Waals surface area (Å²) in [5.41, 5.74) is 0. The average Bonchev–Trinajstić information content (AvgIpc) is 3.16. The number of amides is 1. The number of hydrogen-bond acceptors (Lipinski definition) is 5. The first-order valence-electron chi connectivity index (χ1n) is 7.77. The molecule has 1 N–H and O–H groups in total. The van der Waals surface area contributed by atoms with Crippen molar-refractivity contribution < 1.29 is 18.7 Å². The van der Waals surface area contributed by atoms with Crippen LogP contribution in [0.3, 0.4) is 0 Å². The molecule has 3 rings (SSSR count). The van der Waals surface area contributed by atoms with Gasteiger partial charge in [-0.2, -0.15) is 0 Å². The highest BCUT2D eigenvalue weighted by molar-refractivity contribution is 8.00. The topological polar surface area (TPSA) is 68.5 Å². The van der Waals surface area contributed by atoms with Crippen LogP contribution in [0.15, 0.2) is 70.2 Å². The Bertz CT molecular complexity index is 861. The van der Waals surface area contributed by atoms with Gasteiger partial charge in [0.05, 0.1) is 18.6 Å². The lowest BCUT2D eigenvalue weighted by Crippen LogP contribution is -2.28. The van der Waals surface area contributed by atoms with Gasteiger partial charge in [0, 0.05) is 4.90 Å². The number of carbonyl (C=O) groups excluding carboxylic acids is 2. The monoisotopic (exact) mass is 355 g/mol. The van der Waals surface area contributed by atoms with E-state index in [-0.39, 0.29) is 24.8 Å². The number of rotatable bonds is 7. The first-order valence-corrected chi connectivity index (χ1v) is 8.75. The SMILES string of the molecule is O=C(COC(=O)CSc1ccc2ccccc2c1)NCc1ccco1. The lowest BCUT2D eigenvalue weighted by atomic mass is 10.1. The maximum Gasteiger partial charge on any atom is 0.316 e. The molecule has 0 atom stereocenters. The molecule has 0 spiro atoms. The number of esters is 1. The molecule has 0 unspecified atom stereocenters. The highest BCUT2D eigenvalue weighted by atomic mass is 32.2. The van der Waals surface area contributed by atoms with E-state index in [2.05, 4.69) is 5.32 Å². The summed E-state index contributed by atoms with van der Waals surface area (Å²) < 4.78 is 10.1. The molecular formula is C19H17NO4S. The maximum atomic E-state index is 11.8. The number of ether oxygens (including phenoxy) is 1. The van der Waals surface area contributed by atoms with Crippen molar-refractivity contribution in [3.05, 3.63) is 66.6 Å². The maximum absolute atomic E-state index is 11.8. The second-order valence-corrected chi connectivity index (χ2v) is 6.36. The molecule has 0 saturated heterocycles. The summed E-state index contributed by atoms with van der Waals surface area (Å²) in [6.07, 6.45) is 1.53. The highest BCUT2D eigenvalue weighted by Gasteiger charge is 2.09. The Balaban J connectivity index is 1.40. The number of furan rings is 1. The third-order valence-corrected chi connectivity index (χ3v) is 4.45. The second kappa shape index (κ2) is 8.39. The Morgan fingerprint density at radius 3 is 2.68 bits per heavy atom. The Morgan fingerprint density at radius 1 is 1.04 bits per heavy atom. The molecule has 25 heavy (non-hydrogen) atoms. The normalized spacial score (nSPS) is 10.6. The van der Waals surface area contributed by atoms with Gasteiger partial charge >= 0.3 is 5.97 Å². The summed E-state index contributed by atoms with van der Waals surface area (Å²) in [7, 11) is 0. The van der Waals surface area contributed by atoms with Gasteiger partial charge in [0.25, 0.3) is 5.91 Å². The van der Waals surface area contributed by atoms with Crippen molar-refractivity contribution in [1.82, 2.24) is 5.32 Å². The molecule has 5 nitrogen and oxygen atoms in total. The minimum Gasteiger partial charge on any atom is -0.467 e. The van der Waals surface area contributed by atoms with Crippen LogP contribution in [0.4, 0.5) is 0 Å². The van der Waals surface area contributed by atoms with Crippen LogP contribution in [0.2, 0.25) is 0 Å². The minimum absolute atomic E-state index is 0.157. The van der Waals surface area contributed by atoms with E-state index < -0.39 is 5.97 Å². The van der Waals surface area contributed by atoms with Crippen molar-refractivity contribution in [2.45, 2.75) is 11.4 Å². The van der Waals surface area contributed by atoms with Crippen LogP contribution in [0, 0.1) is 0 Å². The first-order chi connectivity index (χ1) is 12.2. The zero-order chi connectivity index (χ0) is 17.5. The van der Waals surface area contributed by atoms with E-state index in [4.69, 9.17) is 9.15 Å². The molecule has 3 aromatic rings. The van der Waals surface area contributed by atoms with Gasteiger partial charge in [-0.15, -0.1) is 11.8 Å². The first kappa shape index (κ1) is 17.1. The number of fused-ring (bicyclic) bond motifs is 1. The van der Waals surface area contributed by atoms with E-state index in [1.54, 1.807) is 12.1 Å². The van der Waals surface area contributed by atoms with Crippen molar-refractivity contribution in [3.8, 4) is 0 Å². The van der Waals surface area contributed by atoms with Gasteiger partial charge in [0.2, 0.25) is 0 Å². The standard InChI is InChI=1S/C19H17NO4S/c21-18(20-11-16-6-3-9-23-16)12-24-19(22)13-25-17-8-7-14-4-1-2-5-15(14)10-17/h1-10H,11-13H2,(H,20,21). The highest BCUT2D eigenvalue weighted by Crippen LogP contribution is 2.23. The van der Waals surface area contributed by atoms with Gasteiger partial charge in [0.15, 0.2) is 6.61 Å². The molecule has 0 aliphatic rings. The minimum atomic E-state index is -0.425. The quantitative estimate of drug-likeness (QED) is 0.520. The van der Waals surface area contributed by atoms with E-state index in [0.717, 1.165) is 15.7 Å². The van der Waals surface area contributed by atoms with E-state index in [1.165, 1.54) is 18.0 Å². The predicted octanol–water partition coefficient (Wildman–Crippen LogP) is 3.38. The number of hydrogen-bond donors (Lipinski definition) is 1. The molecule has 0 aliphatic carbocycles. The average molecular weight is 355 g/mol. The van der Waals surface area contributed by atoms with Gasteiger partial charge in [-0.3, -0.25) is 9.59 Å². The predicted molar refractivity (Wildman–Crippen MR) is 96.2 cm³/mol. The molecule has 0 fully saturated rings. The van der Waals surface area contributed by atoms with Gasteiger partial charge in [0.1, 0.15) is 5.76 Å². The molecule has 128 valence electrons. The van der Waals surface area contributed by atoms with Crippen LogP contribution in [-0.2, 0) is 20.9 Å². The lowest BCUT2D eigenvalue weighted by Gasteiger charge is -2.06. The molecular weight excluding hydrogens is 338 g/mol. The lowest BCUT2D eigenvalue weighted by molar-refractivity contribution is -0.146. The molecule has 2 aromatic carbocycles.